The van der Waals surface area contributed by atoms with Gasteiger partial charge in [-0.3, -0.25) is 4.68 Å². The Hall–Kier alpha value is -2.28. The molecular weight excluding hydrogens is 284 g/mol. The normalized spacial score (nSPS) is 10.8. The second-order valence-corrected chi connectivity index (χ2v) is 5.75. The van der Waals surface area contributed by atoms with Gasteiger partial charge >= 0.3 is 0 Å². The van der Waals surface area contributed by atoms with Gasteiger partial charge in [-0.15, -0.1) is 11.3 Å². The summed E-state index contributed by atoms with van der Waals surface area (Å²) in [5.74, 6) is 0.601. The average molecular weight is 300 g/mol. The van der Waals surface area contributed by atoms with Crippen LogP contribution in [0.5, 0.6) is 0 Å². The highest BCUT2D eigenvalue weighted by Gasteiger charge is 2.09. The van der Waals surface area contributed by atoms with E-state index in [4.69, 9.17) is 0 Å². The van der Waals surface area contributed by atoms with Crippen molar-refractivity contribution in [1.29, 1.82) is 0 Å². The second-order valence-electron chi connectivity index (χ2n) is 4.80. The van der Waals surface area contributed by atoms with Crippen LogP contribution >= 0.6 is 11.3 Å². The van der Waals surface area contributed by atoms with Gasteiger partial charge in [-0.1, -0.05) is 0 Å². The van der Waals surface area contributed by atoms with Crippen LogP contribution in [-0.2, 0) is 13.6 Å². The van der Waals surface area contributed by atoms with Gasteiger partial charge < -0.3 is 5.32 Å². The van der Waals surface area contributed by atoms with Crippen LogP contribution in [0.15, 0.2) is 23.8 Å². The maximum absolute atomic E-state index is 4.54. The molecule has 0 saturated heterocycles. The van der Waals surface area contributed by atoms with Crippen LogP contribution in [0.1, 0.15) is 16.4 Å². The fourth-order valence-corrected chi connectivity index (χ4v) is 2.80. The number of aryl methyl sites for hydroxylation is 3. The van der Waals surface area contributed by atoms with Gasteiger partial charge in [0.15, 0.2) is 0 Å². The predicted molar refractivity (Wildman–Crippen MR) is 83.1 cm³/mol. The van der Waals surface area contributed by atoms with E-state index in [0.29, 0.717) is 12.5 Å². The minimum absolute atomic E-state index is 0.601. The summed E-state index contributed by atoms with van der Waals surface area (Å²) in [5.41, 5.74) is 3.89. The SMILES string of the molecule is Cc1csc(CNc2nccc(-c3cn(C)nc3C)n2)n1. The molecule has 3 rings (SSSR count). The van der Waals surface area contributed by atoms with Crippen molar-refractivity contribution in [3.05, 3.63) is 40.2 Å². The molecule has 3 aromatic heterocycles. The van der Waals surface area contributed by atoms with E-state index in [-0.39, 0.29) is 0 Å². The van der Waals surface area contributed by atoms with Crippen molar-refractivity contribution >= 4 is 17.3 Å². The minimum Gasteiger partial charge on any atom is -0.348 e. The van der Waals surface area contributed by atoms with Gasteiger partial charge in [-0.05, 0) is 19.9 Å². The van der Waals surface area contributed by atoms with E-state index in [2.05, 4.69) is 25.4 Å². The van der Waals surface area contributed by atoms with Gasteiger partial charge in [0.2, 0.25) is 5.95 Å². The third-order valence-electron chi connectivity index (χ3n) is 3.01. The van der Waals surface area contributed by atoms with Crippen molar-refractivity contribution < 1.29 is 0 Å². The first-order valence-electron chi connectivity index (χ1n) is 6.60. The lowest BCUT2D eigenvalue weighted by atomic mass is 10.2. The van der Waals surface area contributed by atoms with E-state index in [1.807, 2.05) is 38.5 Å². The van der Waals surface area contributed by atoms with Crippen LogP contribution < -0.4 is 5.32 Å². The highest BCUT2D eigenvalue weighted by atomic mass is 32.1. The van der Waals surface area contributed by atoms with Crippen LogP contribution in [0.25, 0.3) is 11.3 Å². The molecule has 1 N–H and O–H groups in total. The first kappa shape index (κ1) is 13.7. The van der Waals surface area contributed by atoms with Crippen molar-refractivity contribution in [3.63, 3.8) is 0 Å². The number of anilines is 1. The monoisotopic (exact) mass is 300 g/mol. The molecule has 7 heteroatoms. The Balaban J connectivity index is 1.78. The quantitative estimate of drug-likeness (QED) is 0.802. The van der Waals surface area contributed by atoms with Gasteiger partial charge in [0.25, 0.3) is 0 Å². The molecule has 0 unspecified atom stereocenters. The van der Waals surface area contributed by atoms with E-state index in [1.165, 1.54) is 0 Å². The molecule has 0 aromatic carbocycles. The molecule has 0 saturated carbocycles. The van der Waals surface area contributed by atoms with Crippen molar-refractivity contribution in [1.82, 2.24) is 24.7 Å². The Kier molecular flexibility index (Phi) is 3.66. The fraction of sp³-hybridized carbons (Fsp3) is 0.286. The van der Waals surface area contributed by atoms with Crippen LogP contribution in [-0.4, -0.2) is 24.7 Å². The molecule has 0 aliphatic rings. The van der Waals surface area contributed by atoms with Crippen molar-refractivity contribution in [2.45, 2.75) is 20.4 Å². The number of hydrogen-bond acceptors (Lipinski definition) is 6. The number of hydrogen-bond donors (Lipinski definition) is 1. The third kappa shape index (κ3) is 3.08. The highest BCUT2D eigenvalue weighted by Crippen LogP contribution is 2.20. The first-order chi connectivity index (χ1) is 10.1. The highest BCUT2D eigenvalue weighted by molar-refractivity contribution is 7.09. The topological polar surface area (TPSA) is 68.5 Å². The largest absolute Gasteiger partial charge is 0.348 e. The molecule has 0 aliphatic heterocycles. The molecule has 0 spiro atoms. The van der Waals surface area contributed by atoms with Crippen LogP contribution in [0.4, 0.5) is 5.95 Å². The second kappa shape index (κ2) is 5.61. The Labute approximate surface area is 126 Å². The molecule has 0 atom stereocenters. The molecular formula is C14H16N6S. The zero-order valence-corrected chi connectivity index (χ0v) is 13.0. The summed E-state index contributed by atoms with van der Waals surface area (Å²) >= 11 is 1.63. The fourth-order valence-electron chi connectivity index (χ4n) is 2.08. The number of rotatable bonds is 4. The minimum atomic E-state index is 0.601. The van der Waals surface area contributed by atoms with E-state index in [1.54, 1.807) is 22.2 Å². The standard InChI is InChI=1S/C14H16N6S/c1-9-8-21-13(17-9)6-16-14-15-5-4-12(18-14)11-7-20(3)19-10(11)2/h4-5,7-8H,6H2,1-3H3,(H,15,16,18). The summed E-state index contributed by atoms with van der Waals surface area (Å²) in [6.45, 7) is 4.60. The van der Waals surface area contributed by atoms with Gasteiger partial charge in [0.1, 0.15) is 5.01 Å². The molecule has 21 heavy (non-hydrogen) atoms. The van der Waals surface area contributed by atoms with Crippen LogP contribution in [0, 0.1) is 13.8 Å². The summed E-state index contributed by atoms with van der Waals surface area (Å²) in [6, 6.07) is 1.89. The van der Waals surface area contributed by atoms with Crippen LogP contribution in [0.3, 0.4) is 0 Å². The molecule has 0 amide bonds. The van der Waals surface area contributed by atoms with E-state index in [9.17, 15) is 0 Å². The molecule has 6 nitrogen and oxygen atoms in total. The molecule has 108 valence electrons. The van der Waals surface area contributed by atoms with Gasteiger partial charge in [0.05, 0.1) is 17.9 Å². The van der Waals surface area contributed by atoms with E-state index in [0.717, 1.165) is 27.7 Å². The Morgan fingerprint density at radius 1 is 1.29 bits per heavy atom. The summed E-state index contributed by atoms with van der Waals surface area (Å²) in [4.78, 5) is 13.2. The predicted octanol–water partition coefficient (Wildman–Crippen LogP) is 2.56. The smallest absolute Gasteiger partial charge is 0.223 e. The van der Waals surface area contributed by atoms with E-state index >= 15 is 0 Å². The lowest BCUT2D eigenvalue weighted by Gasteiger charge is -2.04. The molecule has 0 radical (unpaired) electrons. The number of thiazole rings is 1. The number of nitrogens with zero attached hydrogens (tertiary/aromatic N) is 5. The van der Waals surface area contributed by atoms with Crippen molar-refractivity contribution in [3.8, 4) is 11.3 Å². The average Bonchev–Trinajstić information content (AvgIpc) is 3.02. The Bertz CT molecular complexity index is 760. The summed E-state index contributed by atoms with van der Waals surface area (Å²) in [7, 11) is 1.90. The van der Waals surface area contributed by atoms with Gasteiger partial charge in [-0.25, -0.2) is 15.0 Å². The molecule has 3 heterocycles. The Morgan fingerprint density at radius 2 is 2.14 bits per heavy atom. The van der Waals surface area contributed by atoms with Crippen LogP contribution in [0.2, 0.25) is 0 Å². The zero-order chi connectivity index (χ0) is 14.8. The number of aromatic nitrogens is 5. The number of nitrogens with one attached hydrogen (secondary N) is 1. The summed E-state index contributed by atoms with van der Waals surface area (Å²) in [5, 5.41) is 10.6. The lowest BCUT2D eigenvalue weighted by Crippen LogP contribution is -2.03. The molecule has 0 aliphatic carbocycles. The zero-order valence-electron chi connectivity index (χ0n) is 12.2. The van der Waals surface area contributed by atoms with Gasteiger partial charge in [-0.2, -0.15) is 5.10 Å². The maximum Gasteiger partial charge on any atom is 0.223 e. The molecule has 0 fully saturated rings. The van der Waals surface area contributed by atoms with Crippen molar-refractivity contribution in [2.75, 3.05) is 5.32 Å². The maximum atomic E-state index is 4.54. The lowest BCUT2D eigenvalue weighted by molar-refractivity contribution is 0.756. The summed E-state index contributed by atoms with van der Waals surface area (Å²) < 4.78 is 1.79. The molecule has 3 aromatic rings. The van der Waals surface area contributed by atoms with Gasteiger partial charge in [0, 0.05) is 36.1 Å². The van der Waals surface area contributed by atoms with Crippen molar-refractivity contribution in [2.24, 2.45) is 7.05 Å². The first-order valence-corrected chi connectivity index (χ1v) is 7.48. The Morgan fingerprint density at radius 3 is 2.81 bits per heavy atom. The van der Waals surface area contributed by atoms with E-state index < -0.39 is 0 Å². The third-order valence-corrected chi connectivity index (χ3v) is 3.98. The molecule has 0 bridgehead atoms. The summed E-state index contributed by atoms with van der Waals surface area (Å²) in [6.07, 6.45) is 3.72.